The van der Waals surface area contributed by atoms with Crippen LogP contribution in [0.1, 0.15) is 12.0 Å². The van der Waals surface area contributed by atoms with Gasteiger partial charge in [0.25, 0.3) is 0 Å². The summed E-state index contributed by atoms with van der Waals surface area (Å²) in [6, 6.07) is 9.19. The number of likely N-dealkylation sites (N-methyl/N-ethyl adjacent to an activating group) is 1. The van der Waals surface area contributed by atoms with Gasteiger partial charge in [0.2, 0.25) is 0 Å². The van der Waals surface area contributed by atoms with E-state index in [1.54, 1.807) is 0 Å². The van der Waals surface area contributed by atoms with Gasteiger partial charge in [-0.3, -0.25) is 4.79 Å². The molecule has 1 aromatic rings. The molecule has 104 valence electrons. The number of aliphatic hydroxyl groups excluding tert-OH is 1. The number of benzene rings is 1. The third-order valence-corrected chi connectivity index (χ3v) is 2.41. The van der Waals surface area contributed by atoms with E-state index in [9.17, 15) is 14.7 Å². The number of aliphatic carboxylic acids is 1. The number of hydrogen-bond donors (Lipinski definition) is 2. The van der Waals surface area contributed by atoms with Gasteiger partial charge >= 0.3 is 12.1 Å². The molecule has 0 aliphatic rings. The Kier molecular flexibility index (Phi) is 5.81. The van der Waals surface area contributed by atoms with E-state index in [0.717, 1.165) is 10.5 Å². The smallest absolute Gasteiger partial charge is 0.409 e. The first-order valence-corrected chi connectivity index (χ1v) is 5.80. The second-order valence-corrected chi connectivity index (χ2v) is 4.17. The maximum Gasteiger partial charge on any atom is 0.409 e. The zero-order chi connectivity index (χ0) is 14.3. The van der Waals surface area contributed by atoms with Crippen LogP contribution < -0.4 is 0 Å². The van der Waals surface area contributed by atoms with Gasteiger partial charge < -0.3 is 19.8 Å². The summed E-state index contributed by atoms with van der Waals surface area (Å²) in [6.45, 7) is 0.0545. The zero-order valence-electron chi connectivity index (χ0n) is 10.7. The van der Waals surface area contributed by atoms with Gasteiger partial charge in [-0.25, -0.2) is 4.79 Å². The molecule has 1 rings (SSSR count). The van der Waals surface area contributed by atoms with Crippen molar-refractivity contribution in [3.05, 3.63) is 35.9 Å². The molecule has 0 spiro atoms. The molecule has 1 aromatic carbocycles. The van der Waals surface area contributed by atoms with Crippen LogP contribution in [0.25, 0.3) is 0 Å². The van der Waals surface area contributed by atoms with E-state index in [-0.39, 0.29) is 13.2 Å². The molecule has 1 amide bonds. The molecule has 0 bridgehead atoms. The molecule has 0 aliphatic heterocycles. The lowest BCUT2D eigenvalue weighted by molar-refractivity contribution is -0.139. The van der Waals surface area contributed by atoms with Crippen LogP contribution >= 0.6 is 0 Å². The van der Waals surface area contributed by atoms with Gasteiger partial charge in [-0.15, -0.1) is 0 Å². The summed E-state index contributed by atoms with van der Waals surface area (Å²) in [5, 5.41) is 17.9. The van der Waals surface area contributed by atoms with E-state index in [4.69, 9.17) is 9.84 Å². The summed E-state index contributed by atoms with van der Waals surface area (Å²) in [4.78, 5) is 23.1. The number of carboxylic acids is 1. The molecule has 19 heavy (non-hydrogen) atoms. The SMILES string of the molecule is CN(CC(O)CC(=O)O)C(=O)OCc1ccccc1. The molecule has 0 saturated carbocycles. The van der Waals surface area contributed by atoms with E-state index in [1.807, 2.05) is 30.3 Å². The highest BCUT2D eigenvalue weighted by molar-refractivity contribution is 5.68. The van der Waals surface area contributed by atoms with Crippen LogP contribution in [0.4, 0.5) is 4.79 Å². The molecule has 0 aliphatic carbocycles. The van der Waals surface area contributed by atoms with Gasteiger partial charge in [-0.1, -0.05) is 30.3 Å². The largest absolute Gasteiger partial charge is 0.481 e. The lowest BCUT2D eigenvalue weighted by Gasteiger charge is -2.19. The topological polar surface area (TPSA) is 87.1 Å². The van der Waals surface area contributed by atoms with Crippen molar-refractivity contribution in [2.45, 2.75) is 19.1 Å². The number of aliphatic hydroxyl groups is 1. The van der Waals surface area contributed by atoms with Crippen molar-refractivity contribution in [3.8, 4) is 0 Å². The Morgan fingerprint density at radius 1 is 1.32 bits per heavy atom. The molecule has 0 saturated heterocycles. The van der Waals surface area contributed by atoms with Gasteiger partial charge in [0.05, 0.1) is 19.1 Å². The van der Waals surface area contributed by atoms with Crippen LogP contribution in [0, 0.1) is 0 Å². The third kappa shape index (κ3) is 5.87. The highest BCUT2D eigenvalue weighted by Gasteiger charge is 2.17. The molecule has 1 atom stereocenters. The molecule has 0 radical (unpaired) electrons. The number of carbonyl (C=O) groups is 2. The average molecular weight is 267 g/mol. The second kappa shape index (κ2) is 7.38. The standard InChI is InChI=1S/C13H17NO5/c1-14(8-11(15)7-12(16)17)13(18)19-9-10-5-3-2-4-6-10/h2-6,11,15H,7-9H2,1H3,(H,16,17). The van der Waals surface area contributed by atoms with Crippen LogP contribution in [0.3, 0.4) is 0 Å². The minimum Gasteiger partial charge on any atom is -0.481 e. The number of carboxylic acid groups (broad SMARTS) is 1. The number of hydrogen-bond acceptors (Lipinski definition) is 4. The van der Waals surface area contributed by atoms with Crippen LogP contribution in [-0.2, 0) is 16.1 Å². The van der Waals surface area contributed by atoms with Crippen LogP contribution in [0.5, 0.6) is 0 Å². The molecule has 0 aromatic heterocycles. The van der Waals surface area contributed by atoms with E-state index in [0.29, 0.717) is 0 Å². The summed E-state index contributed by atoms with van der Waals surface area (Å²) in [7, 11) is 1.44. The van der Waals surface area contributed by atoms with Crippen LogP contribution in [-0.4, -0.2) is 46.9 Å². The number of rotatable bonds is 6. The van der Waals surface area contributed by atoms with Crippen molar-refractivity contribution in [1.82, 2.24) is 4.90 Å². The minimum atomic E-state index is -1.11. The van der Waals surface area contributed by atoms with Gasteiger partial charge in [0, 0.05) is 7.05 Å². The summed E-state index contributed by atoms with van der Waals surface area (Å²) < 4.78 is 5.02. The second-order valence-electron chi connectivity index (χ2n) is 4.17. The Balaban J connectivity index is 2.34. The number of carbonyl (C=O) groups excluding carboxylic acids is 1. The van der Waals surface area contributed by atoms with Crippen LogP contribution in [0.2, 0.25) is 0 Å². The molecular formula is C13H17NO5. The van der Waals surface area contributed by atoms with Crippen molar-refractivity contribution < 1.29 is 24.5 Å². The lowest BCUT2D eigenvalue weighted by atomic mass is 10.2. The third-order valence-electron chi connectivity index (χ3n) is 2.41. The zero-order valence-corrected chi connectivity index (χ0v) is 10.7. The van der Waals surface area contributed by atoms with Gasteiger partial charge in [0.15, 0.2) is 0 Å². The Morgan fingerprint density at radius 3 is 2.53 bits per heavy atom. The number of nitrogens with zero attached hydrogens (tertiary/aromatic N) is 1. The predicted molar refractivity (Wildman–Crippen MR) is 67.5 cm³/mol. The highest BCUT2D eigenvalue weighted by Crippen LogP contribution is 2.03. The number of amides is 1. The molecule has 0 heterocycles. The van der Waals surface area contributed by atoms with Crippen LogP contribution in [0.15, 0.2) is 30.3 Å². The number of ether oxygens (including phenoxy) is 1. The molecule has 2 N–H and O–H groups in total. The summed E-state index contributed by atoms with van der Waals surface area (Å²) in [5.41, 5.74) is 0.857. The van der Waals surface area contributed by atoms with E-state index < -0.39 is 24.6 Å². The van der Waals surface area contributed by atoms with Crippen molar-refractivity contribution in [2.75, 3.05) is 13.6 Å². The maximum atomic E-state index is 11.6. The van der Waals surface area contributed by atoms with Gasteiger partial charge in [-0.05, 0) is 5.56 Å². The Hall–Kier alpha value is -2.08. The van der Waals surface area contributed by atoms with E-state index >= 15 is 0 Å². The van der Waals surface area contributed by atoms with E-state index in [1.165, 1.54) is 7.05 Å². The normalized spacial score (nSPS) is 11.7. The highest BCUT2D eigenvalue weighted by atomic mass is 16.6. The lowest BCUT2D eigenvalue weighted by Crippen LogP contribution is -2.35. The molecular weight excluding hydrogens is 250 g/mol. The molecule has 0 fully saturated rings. The fraction of sp³-hybridized carbons (Fsp3) is 0.385. The molecule has 1 unspecified atom stereocenters. The average Bonchev–Trinajstić information content (AvgIpc) is 2.36. The van der Waals surface area contributed by atoms with Crippen molar-refractivity contribution in [2.24, 2.45) is 0 Å². The molecule has 6 heteroatoms. The minimum absolute atomic E-state index is 0.0834. The monoisotopic (exact) mass is 267 g/mol. The van der Waals surface area contributed by atoms with Crippen molar-refractivity contribution >= 4 is 12.1 Å². The van der Waals surface area contributed by atoms with Gasteiger partial charge in [0.1, 0.15) is 6.61 Å². The first kappa shape index (κ1) is 15.0. The summed E-state index contributed by atoms with van der Waals surface area (Å²) in [5.74, 6) is -1.11. The summed E-state index contributed by atoms with van der Waals surface area (Å²) in [6.07, 6.45) is -2.11. The predicted octanol–water partition coefficient (Wildman–Crippen LogP) is 1.09. The van der Waals surface area contributed by atoms with E-state index in [2.05, 4.69) is 0 Å². The summed E-state index contributed by atoms with van der Waals surface area (Å²) >= 11 is 0. The van der Waals surface area contributed by atoms with Gasteiger partial charge in [-0.2, -0.15) is 0 Å². The fourth-order valence-electron chi connectivity index (χ4n) is 1.49. The first-order valence-electron chi connectivity index (χ1n) is 5.80. The van der Waals surface area contributed by atoms with Crippen molar-refractivity contribution in [3.63, 3.8) is 0 Å². The Bertz CT molecular complexity index is 420. The fourth-order valence-corrected chi connectivity index (χ4v) is 1.49. The quantitative estimate of drug-likeness (QED) is 0.805. The Morgan fingerprint density at radius 2 is 1.95 bits per heavy atom. The molecule has 6 nitrogen and oxygen atoms in total. The first-order chi connectivity index (χ1) is 8.99. The maximum absolute atomic E-state index is 11.6. The van der Waals surface area contributed by atoms with Crippen molar-refractivity contribution in [1.29, 1.82) is 0 Å². The Labute approximate surface area is 111 Å².